The quantitative estimate of drug-likeness (QED) is 0.170. The minimum absolute atomic E-state index is 0.00333. The molecule has 1 aliphatic rings. The summed E-state index contributed by atoms with van der Waals surface area (Å²) in [6.45, 7) is 13.9. The Morgan fingerprint density at radius 2 is 1.27 bits per heavy atom. The number of anilines is 1. The number of hydrogen-bond donors (Lipinski definition) is 0. The van der Waals surface area contributed by atoms with Gasteiger partial charge < -0.3 is 0 Å². The molecule has 0 spiro atoms. The normalized spacial score (nSPS) is 15.8. The molecule has 4 aromatic rings. The maximum atomic E-state index is 6.92. The van der Waals surface area contributed by atoms with Crippen LogP contribution in [0.25, 0.3) is 0 Å². The first-order valence-electron chi connectivity index (χ1n) is 14.0. The van der Waals surface area contributed by atoms with Gasteiger partial charge in [-0.3, -0.25) is 0 Å². The topological polar surface area (TPSA) is 15.7 Å². The molecule has 1 atom stereocenters. The number of hydrogen-bond acceptors (Lipinski definition) is 3. The van der Waals surface area contributed by atoms with E-state index < -0.39 is 29.8 Å². The monoisotopic (exact) mass is 656 g/mol. The fraction of sp³-hybridized carbons (Fsp3) is 0.314. The van der Waals surface area contributed by atoms with Gasteiger partial charge in [0.15, 0.2) is 0 Å². The van der Waals surface area contributed by atoms with E-state index >= 15 is 0 Å². The molecule has 1 heterocycles. The van der Waals surface area contributed by atoms with Gasteiger partial charge in [-0.1, -0.05) is 0 Å². The fourth-order valence-electron chi connectivity index (χ4n) is 5.36. The van der Waals surface area contributed by atoms with E-state index in [1.54, 1.807) is 0 Å². The summed E-state index contributed by atoms with van der Waals surface area (Å²) in [6.07, 6.45) is 0.114. The summed E-state index contributed by atoms with van der Waals surface area (Å²) in [5.74, 6) is 1.12. The molecule has 0 fully saturated rings. The Hall–Kier alpha value is -2.33. The van der Waals surface area contributed by atoms with Crippen LogP contribution >= 0.6 is 7.92 Å². The van der Waals surface area contributed by atoms with Crippen molar-refractivity contribution < 1.29 is 3.07 Å². The molecule has 2 radical (unpaired) electrons. The molecule has 0 saturated carbocycles. The second-order valence-electron chi connectivity index (χ2n) is 12.8. The molecule has 5 rings (SSSR count). The van der Waals surface area contributed by atoms with Gasteiger partial charge in [-0.15, -0.1) is 0 Å². The van der Waals surface area contributed by atoms with Crippen LogP contribution in [0.2, 0.25) is 0 Å². The van der Waals surface area contributed by atoms with E-state index in [-0.39, 0.29) is 17.0 Å². The SMILES string of the molecule is CN(C)C1c2cc(C(C)(C)C)cc(C(C)(C)C)c2[O][Sn][N]1c1ccccc1P(c1ccccc1)c1ccccc1. The molecule has 5 heteroatoms. The fourth-order valence-corrected chi connectivity index (χ4v) is 11.4. The Bertz CT molecular complexity index is 1420. The van der Waals surface area contributed by atoms with Crippen molar-refractivity contribution in [3.05, 3.63) is 114 Å². The van der Waals surface area contributed by atoms with Crippen molar-refractivity contribution in [3.63, 3.8) is 0 Å². The van der Waals surface area contributed by atoms with Crippen LogP contribution in [0.15, 0.2) is 97.1 Å². The third-order valence-electron chi connectivity index (χ3n) is 7.46. The van der Waals surface area contributed by atoms with Crippen LogP contribution in [-0.2, 0) is 10.8 Å². The molecule has 206 valence electrons. The summed E-state index contributed by atoms with van der Waals surface area (Å²) in [5, 5.41) is 4.12. The number of nitrogens with zero attached hydrogens (tertiary/aromatic N) is 2. The third kappa shape index (κ3) is 5.84. The second kappa shape index (κ2) is 11.5. The van der Waals surface area contributed by atoms with Gasteiger partial charge in [-0.2, -0.15) is 0 Å². The van der Waals surface area contributed by atoms with Gasteiger partial charge in [0.2, 0.25) is 0 Å². The molecule has 1 unspecified atom stereocenters. The summed E-state index contributed by atoms with van der Waals surface area (Å²) >= 11 is -1.47. The van der Waals surface area contributed by atoms with Crippen molar-refractivity contribution in [2.75, 3.05) is 17.2 Å². The van der Waals surface area contributed by atoms with Crippen LogP contribution in [0.5, 0.6) is 5.75 Å². The predicted octanol–water partition coefficient (Wildman–Crippen LogP) is 7.03. The number of fused-ring (bicyclic) bond motifs is 1. The van der Waals surface area contributed by atoms with Gasteiger partial charge in [0.05, 0.1) is 0 Å². The zero-order valence-electron chi connectivity index (χ0n) is 25.1. The average molecular weight is 655 g/mol. The van der Waals surface area contributed by atoms with Crippen LogP contribution in [-0.4, -0.2) is 40.8 Å². The molecule has 1 aliphatic heterocycles. The van der Waals surface area contributed by atoms with Gasteiger partial charge in [0.25, 0.3) is 0 Å². The summed E-state index contributed by atoms with van der Waals surface area (Å²) in [7, 11) is 3.69. The van der Waals surface area contributed by atoms with E-state index in [1.165, 1.54) is 38.3 Å². The van der Waals surface area contributed by atoms with Gasteiger partial charge in [0.1, 0.15) is 0 Å². The first-order valence-corrected chi connectivity index (χ1v) is 17.8. The molecule has 40 heavy (non-hydrogen) atoms. The molecular weight excluding hydrogens is 614 g/mol. The molecule has 0 bridgehead atoms. The van der Waals surface area contributed by atoms with Gasteiger partial charge in [0, 0.05) is 0 Å². The summed E-state index contributed by atoms with van der Waals surface area (Å²) in [6, 6.07) is 35.9. The first-order chi connectivity index (χ1) is 19.0. The van der Waals surface area contributed by atoms with E-state index in [2.05, 4.69) is 161 Å². The van der Waals surface area contributed by atoms with Gasteiger partial charge in [-0.05, 0) is 0 Å². The van der Waals surface area contributed by atoms with E-state index in [4.69, 9.17) is 3.07 Å². The minimum atomic E-state index is -1.47. The predicted molar refractivity (Wildman–Crippen MR) is 174 cm³/mol. The van der Waals surface area contributed by atoms with E-state index in [1.807, 2.05) is 0 Å². The molecule has 0 amide bonds. The second-order valence-corrected chi connectivity index (χ2v) is 17.5. The van der Waals surface area contributed by atoms with Crippen molar-refractivity contribution in [1.82, 2.24) is 4.90 Å². The third-order valence-corrected chi connectivity index (χ3v) is 12.7. The van der Waals surface area contributed by atoms with Crippen molar-refractivity contribution in [1.29, 1.82) is 0 Å². The summed E-state index contributed by atoms with van der Waals surface area (Å²) in [4.78, 5) is 2.38. The first kappa shape index (κ1) is 29.2. The molecule has 0 saturated heterocycles. The molecule has 0 aliphatic carbocycles. The van der Waals surface area contributed by atoms with Crippen LogP contribution < -0.4 is 22.1 Å². The summed E-state index contributed by atoms with van der Waals surface area (Å²) < 4.78 is 9.54. The van der Waals surface area contributed by atoms with Crippen LogP contribution in [0.4, 0.5) is 5.69 Å². The van der Waals surface area contributed by atoms with Gasteiger partial charge in [-0.25, -0.2) is 0 Å². The van der Waals surface area contributed by atoms with Crippen molar-refractivity contribution in [2.45, 2.75) is 58.5 Å². The Kier molecular flexibility index (Phi) is 8.39. The molecule has 3 nitrogen and oxygen atoms in total. The van der Waals surface area contributed by atoms with E-state index in [9.17, 15) is 0 Å². The Balaban J connectivity index is 1.71. The van der Waals surface area contributed by atoms with Crippen LogP contribution in [0.3, 0.4) is 0 Å². The number of benzene rings is 4. The van der Waals surface area contributed by atoms with E-state index in [0.717, 1.165) is 5.75 Å². The maximum absolute atomic E-state index is 6.92. The Morgan fingerprint density at radius 1 is 0.725 bits per heavy atom. The Morgan fingerprint density at radius 3 is 1.80 bits per heavy atom. The standard InChI is InChI=1S/C35H42N2OP.Sn/c1-34(2,3)25-23-28(32(38)29(24-25)35(4,5)6)33(37(7)8)36-30-21-15-16-22-31(30)39(26-17-11-9-12-18-26)27-19-13-10-14-20-27;/h9-24,33,38H,1-8H3;/q-1;+2/p-1. The average Bonchev–Trinajstić information content (AvgIpc) is 2.92. The molecule has 4 aromatic carbocycles. The molecule has 0 N–H and O–H groups in total. The zero-order valence-corrected chi connectivity index (χ0v) is 28.8. The zero-order chi connectivity index (χ0) is 28.7. The van der Waals surface area contributed by atoms with Crippen LogP contribution in [0, 0.1) is 0 Å². The Labute approximate surface area is 253 Å². The van der Waals surface area contributed by atoms with Crippen molar-refractivity contribution in [3.8, 4) is 5.75 Å². The van der Waals surface area contributed by atoms with Crippen molar-refractivity contribution in [2.24, 2.45) is 0 Å². The van der Waals surface area contributed by atoms with Crippen LogP contribution in [0.1, 0.15) is 64.4 Å². The van der Waals surface area contributed by atoms with Gasteiger partial charge >= 0.3 is 255 Å². The molecule has 0 aromatic heterocycles. The molecular formula is C35H41N2OPSn. The number of rotatable bonds is 5. The van der Waals surface area contributed by atoms with E-state index in [0.29, 0.717) is 0 Å². The van der Waals surface area contributed by atoms with Crippen molar-refractivity contribution >= 4 is 51.4 Å². The summed E-state index contributed by atoms with van der Waals surface area (Å²) in [5.41, 5.74) is 5.32. The number of para-hydroxylation sites is 1.